The molecule has 3 rings (SSSR count). The predicted octanol–water partition coefficient (Wildman–Crippen LogP) is 4.27. The highest BCUT2D eigenvalue weighted by molar-refractivity contribution is 7.89. The van der Waals surface area contributed by atoms with Crippen molar-refractivity contribution in [2.24, 2.45) is 5.92 Å². The van der Waals surface area contributed by atoms with E-state index in [0.717, 1.165) is 27.9 Å². The average Bonchev–Trinajstić information content (AvgIpc) is 2.66. The molecule has 1 amide bonds. The van der Waals surface area contributed by atoms with Crippen molar-refractivity contribution in [3.63, 3.8) is 0 Å². The third-order valence-electron chi connectivity index (χ3n) is 5.87. The fraction of sp³-hybridized carbons (Fsp3) is 0.435. The fourth-order valence-electron chi connectivity index (χ4n) is 3.98. The molecular weight excluding hydrogens is 384 g/mol. The minimum atomic E-state index is -3.53. The Bertz CT molecular complexity index is 1010. The molecule has 0 spiro atoms. The Morgan fingerprint density at radius 1 is 0.897 bits per heavy atom. The van der Waals surface area contributed by atoms with Crippen LogP contribution < -0.4 is 5.32 Å². The van der Waals surface area contributed by atoms with Crippen LogP contribution in [-0.4, -0.2) is 31.7 Å². The number of amides is 1. The summed E-state index contributed by atoms with van der Waals surface area (Å²) >= 11 is 0. The lowest BCUT2D eigenvalue weighted by atomic mass is 9.96. The Morgan fingerprint density at radius 2 is 1.48 bits per heavy atom. The normalized spacial score (nSPS) is 16.0. The zero-order chi connectivity index (χ0) is 21.3. The van der Waals surface area contributed by atoms with Gasteiger partial charge in [0.15, 0.2) is 0 Å². The van der Waals surface area contributed by atoms with Gasteiger partial charge in [0, 0.05) is 24.7 Å². The van der Waals surface area contributed by atoms with E-state index >= 15 is 0 Å². The van der Waals surface area contributed by atoms with E-state index in [4.69, 9.17) is 0 Å². The van der Waals surface area contributed by atoms with Crippen LogP contribution in [0.15, 0.2) is 35.2 Å². The lowest BCUT2D eigenvalue weighted by Crippen LogP contribution is -2.41. The molecule has 1 heterocycles. The Balaban J connectivity index is 1.67. The van der Waals surface area contributed by atoms with E-state index in [1.165, 1.54) is 9.87 Å². The summed E-state index contributed by atoms with van der Waals surface area (Å²) in [6.07, 6.45) is 1.06. The van der Waals surface area contributed by atoms with Gasteiger partial charge in [-0.1, -0.05) is 23.8 Å². The van der Waals surface area contributed by atoms with Crippen LogP contribution in [0.4, 0.5) is 5.69 Å². The summed E-state index contributed by atoms with van der Waals surface area (Å²) in [7, 11) is -3.53. The van der Waals surface area contributed by atoms with Gasteiger partial charge >= 0.3 is 0 Å². The zero-order valence-corrected chi connectivity index (χ0v) is 18.7. The van der Waals surface area contributed by atoms with E-state index in [1.54, 1.807) is 12.1 Å². The van der Waals surface area contributed by atoms with Gasteiger partial charge in [0.2, 0.25) is 15.9 Å². The minimum Gasteiger partial charge on any atom is -0.325 e. The van der Waals surface area contributed by atoms with Crippen molar-refractivity contribution in [3.05, 3.63) is 58.1 Å². The fourth-order valence-corrected chi connectivity index (χ4v) is 5.54. The Morgan fingerprint density at radius 3 is 2.03 bits per heavy atom. The van der Waals surface area contributed by atoms with Gasteiger partial charge in [-0.25, -0.2) is 8.42 Å². The molecule has 0 bridgehead atoms. The number of piperidine rings is 1. The molecule has 1 N–H and O–H groups in total. The first kappa shape index (κ1) is 21.5. The Labute approximate surface area is 174 Å². The van der Waals surface area contributed by atoms with Gasteiger partial charge < -0.3 is 5.32 Å². The molecule has 6 heteroatoms. The molecule has 2 aromatic carbocycles. The van der Waals surface area contributed by atoms with Gasteiger partial charge in [-0.2, -0.15) is 4.31 Å². The molecule has 1 fully saturated rings. The second-order valence-electron chi connectivity index (χ2n) is 8.19. The SMILES string of the molecule is Cc1cc(C)c(NC(=O)C2CCN(S(=O)(=O)c3ccc(C)c(C)c3)CC2)c(C)c1. The molecule has 0 atom stereocenters. The molecule has 2 aromatic rings. The lowest BCUT2D eigenvalue weighted by molar-refractivity contribution is -0.120. The van der Waals surface area contributed by atoms with Crippen molar-refractivity contribution in [2.45, 2.75) is 52.4 Å². The second kappa shape index (κ2) is 8.28. The maximum atomic E-state index is 13.0. The summed E-state index contributed by atoms with van der Waals surface area (Å²) in [5.74, 6) is -0.204. The molecule has 156 valence electrons. The minimum absolute atomic E-state index is 0.0247. The van der Waals surface area contributed by atoms with Crippen molar-refractivity contribution in [1.29, 1.82) is 0 Å². The standard InChI is InChI=1S/C23H30N2O3S/c1-15-12-18(4)22(19(5)13-15)24-23(26)20-8-10-25(11-9-20)29(27,28)21-7-6-16(2)17(3)14-21/h6-7,12-14,20H,8-11H2,1-5H3,(H,24,26). The first-order valence-corrected chi connectivity index (χ1v) is 11.5. The van der Waals surface area contributed by atoms with Crippen LogP contribution in [0.2, 0.25) is 0 Å². The van der Waals surface area contributed by atoms with Crippen molar-refractivity contribution in [1.82, 2.24) is 4.31 Å². The van der Waals surface area contributed by atoms with Crippen LogP contribution in [0.25, 0.3) is 0 Å². The molecule has 1 saturated heterocycles. The van der Waals surface area contributed by atoms with Crippen LogP contribution in [-0.2, 0) is 14.8 Å². The van der Waals surface area contributed by atoms with Crippen LogP contribution in [0, 0.1) is 40.5 Å². The molecule has 1 aliphatic heterocycles. The summed E-state index contributed by atoms with van der Waals surface area (Å²) in [5.41, 5.74) is 6.16. The van der Waals surface area contributed by atoms with E-state index in [2.05, 4.69) is 17.4 Å². The van der Waals surface area contributed by atoms with Crippen molar-refractivity contribution < 1.29 is 13.2 Å². The number of rotatable bonds is 4. The molecule has 0 radical (unpaired) electrons. The van der Waals surface area contributed by atoms with Gasteiger partial charge in [0.1, 0.15) is 0 Å². The van der Waals surface area contributed by atoms with Gasteiger partial charge in [-0.15, -0.1) is 0 Å². The summed E-state index contributed by atoms with van der Waals surface area (Å²) < 4.78 is 27.4. The van der Waals surface area contributed by atoms with Gasteiger partial charge in [0.25, 0.3) is 0 Å². The van der Waals surface area contributed by atoms with E-state index in [1.807, 2.05) is 40.7 Å². The topological polar surface area (TPSA) is 66.5 Å². The Hall–Kier alpha value is -2.18. The third-order valence-corrected chi connectivity index (χ3v) is 7.76. The van der Waals surface area contributed by atoms with Crippen molar-refractivity contribution in [3.8, 4) is 0 Å². The number of carbonyl (C=O) groups is 1. The number of aryl methyl sites for hydroxylation is 5. The number of benzene rings is 2. The highest BCUT2D eigenvalue weighted by Gasteiger charge is 2.32. The molecule has 5 nitrogen and oxygen atoms in total. The number of nitrogens with zero attached hydrogens (tertiary/aromatic N) is 1. The monoisotopic (exact) mass is 414 g/mol. The number of nitrogens with one attached hydrogen (secondary N) is 1. The lowest BCUT2D eigenvalue weighted by Gasteiger charge is -2.31. The highest BCUT2D eigenvalue weighted by atomic mass is 32.2. The number of sulfonamides is 1. The van der Waals surface area contributed by atoms with Crippen molar-refractivity contribution >= 4 is 21.6 Å². The van der Waals surface area contributed by atoms with E-state index in [9.17, 15) is 13.2 Å². The molecule has 0 aromatic heterocycles. The van der Waals surface area contributed by atoms with Gasteiger partial charge in [0.05, 0.1) is 4.90 Å². The number of hydrogen-bond donors (Lipinski definition) is 1. The van der Waals surface area contributed by atoms with Crippen LogP contribution in [0.5, 0.6) is 0 Å². The van der Waals surface area contributed by atoms with E-state index in [0.29, 0.717) is 30.8 Å². The summed E-state index contributed by atoms with van der Waals surface area (Å²) in [6, 6.07) is 9.35. The number of anilines is 1. The summed E-state index contributed by atoms with van der Waals surface area (Å²) in [6.45, 7) is 10.6. The maximum Gasteiger partial charge on any atom is 0.243 e. The quantitative estimate of drug-likeness (QED) is 0.812. The maximum absolute atomic E-state index is 13.0. The van der Waals surface area contributed by atoms with Gasteiger partial charge in [-0.05, 0) is 81.8 Å². The summed E-state index contributed by atoms with van der Waals surface area (Å²) in [5, 5.41) is 3.07. The highest BCUT2D eigenvalue weighted by Crippen LogP contribution is 2.27. The molecule has 0 saturated carbocycles. The number of hydrogen-bond acceptors (Lipinski definition) is 3. The molecule has 29 heavy (non-hydrogen) atoms. The molecule has 1 aliphatic rings. The van der Waals surface area contributed by atoms with Crippen LogP contribution in [0.3, 0.4) is 0 Å². The van der Waals surface area contributed by atoms with Crippen LogP contribution >= 0.6 is 0 Å². The zero-order valence-electron chi connectivity index (χ0n) is 17.9. The van der Waals surface area contributed by atoms with Gasteiger partial charge in [-0.3, -0.25) is 4.79 Å². The van der Waals surface area contributed by atoms with Crippen LogP contribution in [0.1, 0.15) is 40.7 Å². The average molecular weight is 415 g/mol. The number of carbonyl (C=O) groups excluding carboxylic acids is 1. The largest absolute Gasteiger partial charge is 0.325 e. The first-order valence-electron chi connectivity index (χ1n) is 10.1. The Kier molecular flexibility index (Phi) is 6.15. The smallest absolute Gasteiger partial charge is 0.243 e. The van der Waals surface area contributed by atoms with E-state index < -0.39 is 10.0 Å². The van der Waals surface area contributed by atoms with Crippen molar-refractivity contribution in [2.75, 3.05) is 18.4 Å². The first-order chi connectivity index (χ1) is 13.6. The molecule has 0 unspecified atom stereocenters. The second-order valence-corrected chi connectivity index (χ2v) is 10.1. The van der Waals surface area contributed by atoms with E-state index in [-0.39, 0.29) is 11.8 Å². The third kappa shape index (κ3) is 4.54. The molecule has 0 aliphatic carbocycles. The molecular formula is C23H30N2O3S. The predicted molar refractivity (Wildman–Crippen MR) is 117 cm³/mol. The summed E-state index contributed by atoms with van der Waals surface area (Å²) in [4.78, 5) is 13.1.